The molecule has 0 fully saturated rings. The minimum atomic E-state index is -1.42. The van der Waals surface area contributed by atoms with Gasteiger partial charge in [-0.15, -0.1) is 12.3 Å². The fourth-order valence-corrected chi connectivity index (χ4v) is 0.960. The third kappa shape index (κ3) is 6.07. The molecule has 0 aliphatic rings. The molecule has 0 aliphatic carbocycles. The molecule has 0 aromatic rings. The van der Waals surface area contributed by atoms with Crippen molar-refractivity contribution in [3.8, 4) is 12.3 Å². The van der Waals surface area contributed by atoms with E-state index < -0.39 is 7.38 Å². The van der Waals surface area contributed by atoms with Crippen LogP contribution < -0.4 is 0 Å². The van der Waals surface area contributed by atoms with Crippen LogP contribution in [0.3, 0.4) is 0 Å². The van der Waals surface area contributed by atoms with E-state index in [-0.39, 0.29) is 0 Å². The van der Waals surface area contributed by atoms with E-state index in [4.69, 9.17) is 17.5 Å². The topological polar surface area (TPSA) is 0 Å². The maximum Gasteiger partial charge on any atom is 0.162 e. The highest BCUT2D eigenvalue weighted by atomic mass is 35.6. The summed E-state index contributed by atoms with van der Waals surface area (Å²) in [4.78, 5) is 0. The smallest absolute Gasteiger partial charge is 0.162 e. The molecule has 0 aromatic heterocycles. The molecule has 0 amide bonds. The van der Waals surface area contributed by atoms with Crippen molar-refractivity contribution in [2.24, 2.45) is 0 Å². The molecule has 0 radical (unpaired) electrons. The van der Waals surface area contributed by atoms with Gasteiger partial charge in [0.15, 0.2) is 7.38 Å². The summed E-state index contributed by atoms with van der Waals surface area (Å²) in [6, 6.07) is 0.772. The van der Waals surface area contributed by atoms with Crippen LogP contribution in [-0.2, 0) is 0 Å². The number of hydrogen-bond donors (Lipinski definition) is 0. The van der Waals surface area contributed by atoms with E-state index in [1.165, 1.54) is 0 Å². The summed E-state index contributed by atoms with van der Waals surface area (Å²) in [6.07, 6.45) is 5.01. The van der Waals surface area contributed by atoms with Crippen LogP contribution in [0.1, 0.15) is 0 Å². The van der Waals surface area contributed by atoms with E-state index in [1.807, 2.05) is 13.1 Å². The molecule has 0 bridgehead atoms. The van der Waals surface area contributed by atoms with Gasteiger partial charge in [-0.05, 0) is 0 Å². The predicted octanol–water partition coefficient (Wildman–Crippen LogP) is 2.06. The summed E-state index contributed by atoms with van der Waals surface area (Å²) in [6.45, 7) is 4.07. The van der Waals surface area contributed by atoms with Crippen molar-refractivity contribution in [2.75, 3.05) is 0 Å². The molecule has 0 unspecified atom stereocenters. The van der Waals surface area contributed by atoms with Crippen molar-refractivity contribution < 1.29 is 0 Å². The van der Waals surface area contributed by atoms with Crippen molar-refractivity contribution >= 4 is 18.5 Å². The molecule has 0 aliphatic heterocycles. The Bertz CT molecular complexity index is 85.2. The lowest BCUT2D eigenvalue weighted by molar-refractivity contribution is 1.68. The Balaban J connectivity index is 3.40. The Hall–Kier alpha value is 0.0669. The Morgan fingerprint density at radius 2 is 2.14 bits per heavy atom. The summed E-state index contributed by atoms with van der Waals surface area (Å²) >= 11 is 5.83. The van der Waals surface area contributed by atoms with Crippen LogP contribution in [0.25, 0.3) is 0 Å². The quantitative estimate of drug-likeness (QED) is 0.291. The second-order valence-corrected chi connectivity index (χ2v) is 8.96. The molecule has 0 spiro atoms. The molecule has 0 saturated heterocycles. The van der Waals surface area contributed by atoms with E-state index in [0.29, 0.717) is 0 Å². The third-order valence-electron chi connectivity index (χ3n) is 0.522. The lowest BCUT2D eigenvalue weighted by atomic mass is 10.8. The first-order chi connectivity index (χ1) is 3.06. The monoisotopic (exact) mass is 132 g/mol. The molecule has 0 saturated carbocycles. The van der Waals surface area contributed by atoms with Gasteiger partial charge in [0, 0.05) is 6.04 Å². The minimum absolute atomic E-state index is 0.772. The molecule has 2 heteroatoms. The fourth-order valence-electron chi connectivity index (χ4n) is 0.243. The minimum Gasteiger partial charge on any atom is -0.167 e. The summed E-state index contributed by atoms with van der Waals surface area (Å²) in [5.41, 5.74) is 0. The zero-order chi connectivity index (χ0) is 5.91. The van der Waals surface area contributed by atoms with Crippen molar-refractivity contribution in [1.29, 1.82) is 0 Å². The highest BCUT2D eigenvalue weighted by Crippen LogP contribution is 2.11. The van der Waals surface area contributed by atoms with Crippen LogP contribution in [0.2, 0.25) is 19.1 Å². The first kappa shape index (κ1) is 7.07. The maximum atomic E-state index is 5.83. The summed E-state index contributed by atoms with van der Waals surface area (Å²) in [5, 5.41) is 0. The van der Waals surface area contributed by atoms with Crippen molar-refractivity contribution in [3.05, 3.63) is 0 Å². The Morgan fingerprint density at radius 1 is 1.71 bits per heavy atom. The standard InChI is InChI=1S/C5H9ClSi/c1-4-5-7(2,3)6/h1H,5H2,2-3H3. The molecular formula is C5H9ClSi. The fraction of sp³-hybridized carbons (Fsp3) is 0.600. The molecule has 40 valence electrons. The van der Waals surface area contributed by atoms with E-state index in [1.54, 1.807) is 0 Å². The zero-order valence-corrected chi connectivity index (χ0v) is 6.42. The van der Waals surface area contributed by atoms with Gasteiger partial charge in [0.1, 0.15) is 0 Å². The summed E-state index contributed by atoms with van der Waals surface area (Å²) < 4.78 is 0. The Labute approximate surface area is 50.6 Å². The van der Waals surface area contributed by atoms with Crippen molar-refractivity contribution in [2.45, 2.75) is 19.1 Å². The van der Waals surface area contributed by atoms with Gasteiger partial charge in [0.05, 0.1) is 0 Å². The summed E-state index contributed by atoms with van der Waals surface area (Å²) in [5.74, 6) is 2.54. The van der Waals surface area contributed by atoms with Gasteiger partial charge in [-0.2, -0.15) is 11.1 Å². The van der Waals surface area contributed by atoms with Gasteiger partial charge in [-0.25, -0.2) is 0 Å². The Kier molecular flexibility index (Phi) is 2.42. The van der Waals surface area contributed by atoms with Gasteiger partial charge < -0.3 is 0 Å². The van der Waals surface area contributed by atoms with Gasteiger partial charge in [-0.1, -0.05) is 13.1 Å². The van der Waals surface area contributed by atoms with E-state index in [0.717, 1.165) is 6.04 Å². The number of halogens is 1. The van der Waals surface area contributed by atoms with Gasteiger partial charge in [0.2, 0.25) is 0 Å². The first-order valence-corrected chi connectivity index (χ1v) is 6.40. The SMILES string of the molecule is C#CC[Si](C)(C)Cl. The molecule has 0 heterocycles. The van der Waals surface area contributed by atoms with Crippen LogP contribution in [-0.4, -0.2) is 7.38 Å². The molecule has 0 aromatic carbocycles. The van der Waals surface area contributed by atoms with E-state index in [2.05, 4.69) is 5.92 Å². The maximum absolute atomic E-state index is 5.83. The molecule has 7 heavy (non-hydrogen) atoms. The largest absolute Gasteiger partial charge is 0.167 e. The van der Waals surface area contributed by atoms with Gasteiger partial charge in [0.25, 0.3) is 0 Å². The predicted molar refractivity (Wildman–Crippen MR) is 37.0 cm³/mol. The highest BCUT2D eigenvalue weighted by molar-refractivity contribution is 7.19. The Morgan fingerprint density at radius 3 is 2.14 bits per heavy atom. The van der Waals surface area contributed by atoms with Crippen LogP contribution in [0.4, 0.5) is 0 Å². The highest BCUT2D eigenvalue weighted by Gasteiger charge is 2.13. The second kappa shape index (κ2) is 2.39. The molecule has 0 N–H and O–H groups in total. The van der Waals surface area contributed by atoms with E-state index >= 15 is 0 Å². The normalized spacial score (nSPS) is 10.6. The van der Waals surface area contributed by atoms with Crippen LogP contribution in [0, 0.1) is 12.3 Å². The summed E-state index contributed by atoms with van der Waals surface area (Å²) in [7, 11) is -1.42. The van der Waals surface area contributed by atoms with Crippen LogP contribution in [0.5, 0.6) is 0 Å². The van der Waals surface area contributed by atoms with Crippen molar-refractivity contribution in [1.82, 2.24) is 0 Å². The van der Waals surface area contributed by atoms with Gasteiger partial charge in [-0.3, -0.25) is 0 Å². The molecular weight excluding hydrogens is 124 g/mol. The van der Waals surface area contributed by atoms with Crippen molar-refractivity contribution in [3.63, 3.8) is 0 Å². The number of rotatable bonds is 1. The molecule has 0 atom stereocenters. The lowest BCUT2D eigenvalue weighted by Crippen LogP contribution is -2.13. The molecule has 0 rings (SSSR count). The number of hydrogen-bond acceptors (Lipinski definition) is 0. The lowest BCUT2D eigenvalue weighted by Gasteiger charge is -2.04. The third-order valence-corrected chi connectivity index (χ3v) is 1.97. The van der Waals surface area contributed by atoms with Crippen LogP contribution in [0.15, 0.2) is 0 Å². The van der Waals surface area contributed by atoms with Gasteiger partial charge >= 0.3 is 0 Å². The average molecular weight is 133 g/mol. The zero-order valence-electron chi connectivity index (χ0n) is 4.66. The average Bonchev–Trinajstić information content (AvgIpc) is 1.30. The second-order valence-electron chi connectivity index (χ2n) is 2.10. The number of terminal acetylenes is 1. The van der Waals surface area contributed by atoms with Crippen LogP contribution >= 0.6 is 11.1 Å². The molecule has 0 nitrogen and oxygen atoms in total. The first-order valence-electron chi connectivity index (χ1n) is 2.18. The van der Waals surface area contributed by atoms with E-state index in [9.17, 15) is 0 Å².